The quantitative estimate of drug-likeness (QED) is 0.464. The van der Waals surface area contributed by atoms with E-state index in [0.29, 0.717) is 13.2 Å². The van der Waals surface area contributed by atoms with Gasteiger partial charge in [-0.3, -0.25) is 9.69 Å². The van der Waals surface area contributed by atoms with E-state index in [0.717, 1.165) is 32.6 Å². The van der Waals surface area contributed by atoms with Crippen molar-refractivity contribution >= 4 is 6.41 Å². The second-order valence-electron chi connectivity index (χ2n) is 3.35. The molecule has 1 atom stereocenters. The number of β-amino-alcohol motifs (C(OH)–C–C–N with tert-alkyl or cyclic N) is 1. The fourth-order valence-electron chi connectivity index (χ4n) is 1.52. The Kier molecular flexibility index (Phi) is 4.86. The number of carbonyl (C=O) groups is 1. The van der Waals surface area contributed by atoms with Crippen LogP contribution in [0.1, 0.15) is 6.92 Å². The molecule has 1 fully saturated rings. The molecule has 1 aliphatic rings. The molecule has 5 heteroatoms. The van der Waals surface area contributed by atoms with Crippen LogP contribution in [0.2, 0.25) is 0 Å². The molecule has 0 aromatic rings. The highest BCUT2D eigenvalue weighted by Gasteiger charge is 2.17. The normalized spacial score (nSPS) is 20.9. The Hall–Kier alpha value is -0.650. The van der Waals surface area contributed by atoms with E-state index in [4.69, 9.17) is 4.74 Å². The molecule has 0 aromatic heterocycles. The third kappa shape index (κ3) is 3.61. The second-order valence-corrected chi connectivity index (χ2v) is 3.35. The third-order valence-corrected chi connectivity index (χ3v) is 2.33. The van der Waals surface area contributed by atoms with Crippen LogP contribution in [0.4, 0.5) is 0 Å². The molecule has 0 spiro atoms. The number of hydrogen-bond donors (Lipinski definition) is 1. The summed E-state index contributed by atoms with van der Waals surface area (Å²) in [7, 11) is 0. The number of aliphatic hydroxyl groups excluding tert-OH is 1. The highest BCUT2D eigenvalue weighted by Crippen LogP contribution is 2.01. The van der Waals surface area contributed by atoms with E-state index < -0.39 is 6.29 Å². The lowest BCUT2D eigenvalue weighted by Crippen LogP contribution is -2.48. The van der Waals surface area contributed by atoms with Crippen LogP contribution in [0.3, 0.4) is 0 Å². The van der Waals surface area contributed by atoms with E-state index in [9.17, 15) is 9.90 Å². The minimum atomic E-state index is -0.706. The third-order valence-electron chi connectivity index (χ3n) is 2.33. The smallest absolute Gasteiger partial charge is 0.209 e. The summed E-state index contributed by atoms with van der Waals surface area (Å²) >= 11 is 0. The Balaban J connectivity index is 2.18. The van der Waals surface area contributed by atoms with Gasteiger partial charge in [0, 0.05) is 39.3 Å². The molecule has 1 unspecified atom stereocenters. The number of piperazine rings is 1. The predicted molar refractivity (Wildman–Crippen MR) is 51.7 cm³/mol. The summed E-state index contributed by atoms with van der Waals surface area (Å²) in [5.74, 6) is 0. The van der Waals surface area contributed by atoms with Crippen LogP contribution in [-0.2, 0) is 9.53 Å². The Morgan fingerprint density at radius 2 is 2.07 bits per heavy atom. The zero-order valence-electron chi connectivity index (χ0n) is 8.56. The molecular weight excluding hydrogens is 184 g/mol. The average molecular weight is 202 g/mol. The van der Waals surface area contributed by atoms with E-state index in [2.05, 4.69) is 4.90 Å². The highest BCUT2D eigenvalue weighted by molar-refractivity contribution is 5.47. The lowest BCUT2D eigenvalue weighted by atomic mass is 10.3. The number of hydrogen-bond acceptors (Lipinski definition) is 4. The van der Waals surface area contributed by atoms with E-state index in [1.165, 1.54) is 0 Å². The first-order valence-corrected chi connectivity index (χ1v) is 4.97. The molecule has 1 aliphatic heterocycles. The van der Waals surface area contributed by atoms with Gasteiger partial charge in [-0.1, -0.05) is 0 Å². The van der Waals surface area contributed by atoms with Crippen molar-refractivity contribution in [1.82, 2.24) is 9.80 Å². The first-order chi connectivity index (χ1) is 6.76. The summed E-state index contributed by atoms with van der Waals surface area (Å²) in [4.78, 5) is 14.3. The predicted octanol–water partition coefficient (Wildman–Crippen LogP) is -0.885. The molecule has 1 saturated heterocycles. The first kappa shape index (κ1) is 11.4. The van der Waals surface area contributed by atoms with Gasteiger partial charge in [-0.2, -0.15) is 0 Å². The Morgan fingerprint density at radius 1 is 1.43 bits per heavy atom. The number of carbonyl (C=O) groups excluding carboxylic acids is 1. The first-order valence-electron chi connectivity index (χ1n) is 4.97. The molecule has 1 amide bonds. The van der Waals surface area contributed by atoms with Gasteiger partial charge >= 0.3 is 0 Å². The maximum atomic E-state index is 10.4. The number of aliphatic hydroxyl groups is 1. The van der Waals surface area contributed by atoms with Crippen molar-refractivity contribution < 1.29 is 14.6 Å². The van der Waals surface area contributed by atoms with Crippen LogP contribution >= 0.6 is 0 Å². The summed E-state index contributed by atoms with van der Waals surface area (Å²) in [6.45, 7) is 6.00. The molecule has 0 bridgehead atoms. The Bertz CT molecular complexity index is 169. The van der Waals surface area contributed by atoms with Crippen LogP contribution in [-0.4, -0.2) is 66.9 Å². The van der Waals surface area contributed by atoms with Crippen molar-refractivity contribution in [3.63, 3.8) is 0 Å². The van der Waals surface area contributed by atoms with Gasteiger partial charge in [0.1, 0.15) is 0 Å². The van der Waals surface area contributed by atoms with Gasteiger partial charge < -0.3 is 14.7 Å². The zero-order chi connectivity index (χ0) is 10.4. The fraction of sp³-hybridized carbons (Fsp3) is 0.889. The number of ether oxygens (including phenoxy) is 1. The largest absolute Gasteiger partial charge is 0.367 e. The van der Waals surface area contributed by atoms with Crippen molar-refractivity contribution in [1.29, 1.82) is 0 Å². The highest BCUT2D eigenvalue weighted by atomic mass is 16.6. The summed E-state index contributed by atoms with van der Waals surface area (Å²) in [5, 5.41) is 9.38. The van der Waals surface area contributed by atoms with Crippen molar-refractivity contribution in [2.24, 2.45) is 0 Å². The van der Waals surface area contributed by atoms with Crippen molar-refractivity contribution in [2.75, 3.05) is 39.3 Å². The number of rotatable bonds is 5. The molecule has 1 heterocycles. The SMILES string of the molecule is CCOC(O)CN1CCN(C=O)CC1. The number of amides is 1. The van der Waals surface area contributed by atoms with Crippen LogP contribution in [0.5, 0.6) is 0 Å². The van der Waals surface area contributed by atoms with Crippen LogP contribution in [0, 0.1) is 0 Å². The van der Waals surface area contributed by atoms with Gasteiger partial charge in [0.05, 0.1) is 0 Å². The van der Waals surface area contributed by atoms with E-state index in [-0.39, 0.29) is 0 Å². The van der Waals surface area contributed by atoms with Gasteiger partial charge in [-0.15, -0.1) is 0 Å². The second kappa shape index (κ2) is 5.95. The zero-order valence-corrected chi connectivity index (χ0v) is 8.56. The summed E-state index contributed by atoms with van der Waals surface area (Å²) in [6, 6.07) is 0. The van der Waals surface area contributed by atoms with Crippen molar-refractivity contribution in [3.05, 3.63) is 0 Å². The molecule has 0 radical (unpaired) electrons. The maximum Gasteiger partial charge on any atom is 0.209 e. The summed E-state index contributed by atoms with van der Waals surface area (Å²) in [5.41, 5.74) is 0. The fourth-order valence-corrected chi connectivity index (χ4v) is 1.52. The molecule has 0 aromatic carbocycles. The minimum Gasteiger partial charge on any atom is -0.367 e. The molecular formula is C9H18N2O3. The van der Waals surface area contributed by atoms with Gasteiger partial charge in [0.2, 0.25) is 6.41 Å². The molecule has 0 saturated carbocycles. The summed E-state index contributed by atoms with van der Waals surface area (Å²) < 4.78 is 5.03. The monoisotopic (exact) mass is 202 g/mol. The Morgan fingerprint density at radius 3 is 2.57 bits per heavy atom. The van der Waals surface area contributed by atoms with Gasteiger partial charge in [0.15, 0.2) is 6.29 Å². The lowest BCUT2D eigenvalue weighted by Gasteiger charge is -2.33. The van der Waals surface area contributed by atoms with E-state index in [1.54, 1.807) is 4.90 Å². The molecule has 1 rings (SSSR count). The molecule has 14 heavy (non-hydrogen) atoms. The van der Waals surface area contributed by atoms with Gasteiger partial charge in [0.25, 0.3) is 0 Å². The maximum absolute atomic E-state index is 10.4. The topological polar surface area (TPSA) is 53.0 Å². The Labute approximate surface area is 84.2 Å². The minimum absolute atomic E-state index is 0.523. The van der Waals surface area contributed by atoms with Gasteiger partial charge in [-0.25, -0.2) is 0 Å². The van der Waals surface area contributed by atoms with E-state index in [1.807, 2.05) is 6.92 Å². The van der Waals surface area contributed by atoms with Crippen LogP contribution in [0.15, 0.2) is 0 Å². The summed E-state index contributed by atoms with van der Waals surface area (Å²) in [6.07, 6.45) is 0.166. The van der Waals surface area contributed by atoms with Crippen LogP contribution < -0.4 is 0 Å². The van der Waals surface area contributed by atoms with E-state index >= 15 is 0 Å². The molecule has 5 nitrogen and oxygen atoms in total. The standard InChI is InChI=1S/C9H18N2O3/c1-2-14-9(13)7-10-3-5-11(8-12)6-4-10/h8-9,13H,2-7H2,1H3. The van der Waals surface area contributed by atoms with Crippen molar-refractivity contribution in [2.45, 2.75) is 13.2 Å². The molecule has 0 aliphatic carbocycles. The average Bonchev–Trinajstić information content (AvgIpc) is 2.19. The molecule has 1 N–H and O–H groups in total. The van der Waals surface area contributed by atoms with Crippen LogP contribution in [0.25, 0.3) is 0 Å². The lowest BCUT2D eigenvalue weighted by molar-refractivity contribution is -0.124. The number of nitrogens with zero attached hydrogens (tertiary/aromatic N) is 2. The molecule has 82 valence electrons. The van der Waals surface area contributed by atoms with Crippen molar-refractivity contribution in [3.8, 4) is 0 Å². The van der Waals surface area contributed by atoms with Gasteiger partial charge in [-0.05, 0) is 6.92 Å².